The standard InChI is InChI=1S/C17H17FN4O2S/c1-17(2,3)20-15(24)12-8-11-13(21-22-16(11)25-12)19-14(23)9-4-6-10(18)7-5-9/h4-8H,1-3H3,(H,20,24)(H2,19,21,22,23). The van der Waals surface area contributed by atoms with Crippen LogP contribution in [0.25, 0.3) is 10.2 Å². The highest BCUT2D eigenvalue weighted by Gasteiger charge is 2.20. The Kier molecular flexibility index (Phi) is 4.30. The van der Waals surface area contributed by atoms with Gasteiger partial charge in [-0.25, -0.2) is 4.39 Å². The molecule has 0 atom stereocenters. The molecule has 2 aromatic heterocycles. The molecule has 0 saturated heterocycles. The zero-order valence-corrected chi connectivity index (χ0v) is 14.8. The van der Waals surface area contributed by atoms with Crippen molar-refractivity contribution in [1.29, 1.82) is 0 Å². The van der Waals surface area contributed by atoms with Gasteiger partial charge in [0, 0.05) is 11.1 Å². The number of carbonyl (C=O) groups excluding carboxylic acids is 2. The van der Waals surface area contributed by atoms with Gasteiger partial charge in [-0.2, -0.15) is 5.10 Å². The second-order valence-electron chi connectivity index (χ2n) is 6.59. The van der Waals surface area contributed by atoms with Crippen LogP contribution in [0.4, 0.5) is 10.2 Å². The number of benzene rings is 1. The highest BCUT2D eigenvalue weighted by molar-refractivity contribution is 7.20. The predicted octanol–water partition coefficient (Wildman–Crippen LogP) is 3.54. The molecule has 2 heterocycles. The van der Waals surface area contributed by atoms with Gasteiger partial charge >= 0.3 is 0 Å². The molecule has 1 aromatic carbocycles. The van der Waals surface area contributed by atoms with Crippen molar-refractivity contribution in [2.45, 2.75) is 26.3 Å². The molecule has 130 valence electrons. The molecule has 0 unspecified atom stereocenters. The van der Waals surface area contributed by atoms with E-state index in [-0.39, 0.29) is 11.4 Å². The molecule has 0 aliphatic rings. The minimum Gasteiger partial charge on any atom is -0.347 e. The first-order valence-corrected chi connectivity index (χ1v) is 8.42. The van der Waals surface area contributed by atoms with Gasteiger partial charge in [0.25, 0.3) is 11.8 Å². The van der Waals surface area contributed by atoms with E-state index in [0.29, 0.717) is 26.5 Å². The third kappa shape index (κ3) is 3.85. The molecule has 3 aromatic rings. The van der Waals surface area contributed by atoms with Crippen LogP contribution in [0, 0.1) is 5.82 Å². The van der Waals surface area contributed by atoms with E-state index >= 15 is 0 Å². The second-order valence-corrected chi connectivity index (χ2v) is 7.64. The molecule has 0 saturated carbocycles. The third-order valence-electron chi connectivity index (χ3n) is 3.31. The Morgan fingerprint density at radius 1 is 1.16 bits per heavy atom. The van der Waals surface area contributed by atoms with Crippen molar-refractivity contribution >= 4 is 39.2 Å². The molecule has 6 nitrogen and oxygen atoms in total. The van der Waals surface area contributed by atoms with Crippen LogP contribution in [0.15, 0.2) is 30.3 Å². The van der Waals surface area contributed by atoms with E-state index in [4.69, 9.17) is 0 Å². The van der Waals surface area contributed by atoms with Gasteiger partial charge in [-0.05, 0) is 51.1 Å². The lowest BCUT2D eigenvalue weighted by molar-refractivity contribution is 0.0923. The van der Waals surface area contributed by atoms with Gasteiger partial charge in [0.05, 0.1) is 10.3 Å². The van der Waals surface area contributed by atoms with Crippen LogP contribution >= 0.6 is 11.3 Å². The summed E-state index contributed by atoms with van der Waals surface area (Å²) in [6, 6.07) is 6.91. The van der Waals surface area contributed by atoms with Gasteiger partial charge in [0.1, 0.15) is 10.6 Å². The third-order valence-corrected chi connectivity index (χ3v) is 4.35. The SMILES string of the molecule is CC(C)(C)NC(=O)c1cc2c(NC(=O)c3ccc(F)cc3)n[nH]c2s1. The maximum atomic E-state index is 12.9. The number of H-pyrrole nitrogens is 1. The van der Waals surface area contributed by atoms with Gasteiger partial charge in [-0.3, -0.25) is 14.7 Å². The van der Waals surface area contributed by atoms with Crippen LogP contribution in [0.1, 0.15) is 40.8 Å². The number of aromatic amines is 1. The second kappa shape index (κ2) is 6.29. The summed E-state index contributed by atoms with van der Waals surface area (Å²) >= 11 is 1.26. The minimum atomic E-state index is -0.411. The number of thiophene rings is 1. The summed E-state index contributed by atoms with van der Waals surface area (Å²) in [6.07, 6.45) is 0. The number of carbonyl (C=O) groups is 2. The Hall–Kier alpha value is -2.74. The number of aromatic nitrogens is 2. The van der Waals surface area contributed by atoms with Gasteiger partial charge in [0.2, 0.25) is 0 Å². The van der Waals surface area contributed by atoms with Crippen LogP contribution < -0.4 is 10.6 Å². The van der Waals surface area contributed by atoms with Gasteiger partial charge < -0.3 is 10.6 Å². The lowest BCUT2D eigenvalue weighted by Crippen LogP contribution is -2.40. The lowest BCUT2D eigenvalue weighted by Gasteiger charge is -2.19. The lowest BCUT2D eigenvalue weighted by atomic mass is 10.1. The van der Waals surface area contributed by atoms with E-state index in [0.717, 1.165) is 0 Å². The first-order valence-electron chi connectivity index (χ1n) is 7.60. The van der Waals surface area contributed by atoms with E-state index in [1.165, 1.54) is 35.6 Å². The van der Waals surface area contributed by atoms with Gasteiger partial charge in [-0.1, -0.05) is 0 Å². The molecule has 0 fully saturated rings. The summed E-state index contributed by atoms with van der Waals surface area (Å²) in [6.45, 7) is 5.71. The van der Waals surface area contributed by atoms with Crippen LogP contribution in [0.3, 0.4) is 0 Å². The Morgan fingerprint density at radius 2 is 1.84 bits per heavy atom. The maximum Gasteiger partial charge on any atom is 0.261 e. The molecule has 8 heteroatoms. The quantitative estimate of drug-likeness (QED) is 0.668. The fourth-order valence-corrected chi connectivity index (χ4v) is 3.10. The molecule has 2 amide bonds. The topological polar surface area (TPSA) is 86.9 Å². The zero-order chi connectivity index (χ0) is 18.2. The molecule has 0 aliphatic carbocycles. The molecular formula is C17H17FN4O2S. The first-order chi connectivity index (χ1) is 11.7. The highest BCUT2D eigenvalue weighted by atomic mass is 32.1. The number of hydrogen-bond donors (Lipinski definition) is 3. The summed E-state index contributed by atoms with van der Waals surface area (Å²) in [5.41, 5.74) is -0.0226. The monoisotopic (exact) mass is 360 g/mol. The molecule has 0 aliphatic heterocycles. The van der Waals surface area contributed by atoms with Gasteiger partial charge in [-0.15, -0.1) is 11.3 Å². The number of anilines is 1. The van der Waals surface area contributed by atoms with Crippen molar-refractivity contribution < 1.29 is 14.0 Å². The highest BCUT2D eigenvalue weighted by Crippen LogP contribution is 2.29. The Morgan fingerprint density at radius 3 is 2.48 bits per heavy atom. The van der Waals surface area contributed by atoms with E-state index in [2.05, 4.69) is 20.8 Å². The smallest absolute Gasteiger partial charge is 0.261 e. The van der Waals surface area contributed by atoms with Crippen LogP contribution in [0.2, 0.25) is 0 Å². The normalized spacial score (nSPS) is 11.5. The fraction of sp³-hybridized carbons (Fsp3) is 0.235. The molecule has 25 heavy (non-hydrogen) atoms. The predicted molar refractivity (Wildman–Crippen MR) is 95.5 cm³/mol. The summed E-state index contributed by atoms with van der Waals surface area (Å²) in [7, 11) is 0. The maximum absolute atomic E-state index is 12.9. The molecular weight excluding hydrogens is 343 g/mol. The number of nitrogens with one attached hydrogen (secondary N) is 3. The zero-order valence-electron chi connectivity index (χ0n) is 13.9. The Labute approximate surface area is 147 Å². The van der Waals surface area contributed by atoms with E-state index in [9.17, 15) is 14.0 Å². The molecule has 0 spiro atoms. The summed E-state index contributed by atoms with van der Waals surface area (Å²) in [5, 5.41) is 13.1. The number of halogens is 1. The molecule has 3 N–H and O–H groups in total. The largest absolute Gasteiger partial charge is 0.347 e. The van der Waals surface area contributed by atoms with E-state index in [1.54, 1.807) is 6.07 Å². The Balaban J connectivity index is 1.82. The van der Waals surface area contributed by atoms with Crippen molar-refractivity contribution in [3.05, 3.63) is 46.6 Å². The number of fused-ring (bicyclic) bond motifs is 1. The summed E-state index contributed by atoms with van der Waals surface area (Å²) in [4.78, 5) is 25.7. The van der Waals surface area contributed by atoms with Crippen molar-refractivity contribution in [1.82, 2.24) is 15.5 Å². The first kappa shape index (κ1) is 17.1. The number of rotatable bonds is 3. The molecule has 0 radical (unpaired) electrons. The molecule has 3 rings (SSSR count). The van der Waals surface area contributed by atoms with Crippen LogP contribution in [0.5, 0.6) is 0 Å². The van der Waals surface area contributed by atoms with E-state index in [1.807, 2.05) is 20.8 Å². The van der Waals surface area contributed by atoms with Gasteiger partial charge in [0.15, 0.2) is 5.82 Å². The van der Waals surface area contributed by atoms with Crippen molar-refractivity contribution in [3.63, 3.8) is 0 Å². The average Bonchev–Trinajstić information content (AvgIpc) is 3.08. The minimum absolute atomic E-state index is 0.182. The number of nitrogens with zero attached hydrogens (tertiary/aromatic N) is 1. The number of hydrogen-bond acceptors (Lipinski definition) is 4. The summed E-state index contributed by atoms with van der Waals surface area (Å²) in [5.74, 6) is -0.667. The van der Waals surface area contributed by atoms with Crippen molar-refractivity contribution in [2.75, 3.05) is 5.32 Å². The van der Waals surface area contributed by atoms with Crippen molar-refractivity contribution in [2.24, 2.45) is 0 Å². The summed E-state index contributed by atoms with van der Waals surface area (Å²) < 4.78 is 12.9. The fourth-order valence-electron chi connectivity index (χ4n) is 2.21. The van der Waals surface area contributed by atoms with Crippen molar-refractivity contribution in [3.8, 4) is 0 Å². The van der Waals surface area contributed by atoms with E-state index < -0.39 is 11.7 Å². The van der Waals surface area contributed by atoms with Crippen LogP contribution in [-0.2, 0) is 0 Å². The Bertz CT molecular complexity index is 938. The van der Waals surface area contributed by atoms with Crippen LogP contribution in [-0.4, -0.2) is 27.6 Å². The number of amides is 2. The average molecular weight is 360 g/mol. The molecule has 0 bridgehead atoms.